The number of anilines is 1. The van der Waals surface area contributed by atoms with Gasteiger partial charge in [0.05, 0.1) is 17.5 Å². The van der Waals surface area contributed by atoms with Crippen molar-refractivity contribution >= 4 is 22.8 Å². The number of carbonyl (C=O) groups is 1. The third-order valence-corrected chi connectivity index (χ3v) is 6.51. The van der Waals surface area contributed by atoms with E-state index in [2.05, 4.69) is 9.97 Å². The highest BCUT2D eigenvalue weighted by molar-refractivity contribution is 5.94. The average molecular weight is 433 g/mol. The number of aromatic nitrogens is 2. The SMILES string of the molecule is O=C(c1cccc(OCC2CCCC2)c1)N1CCN(c2nc3ccccc3c(=O)[nH]2)CC1. The lowest BCUT2D eigenvalue weighted by molar-refractivity contribution is 0.0745. The van der Waals surface area contributed by atoms with E-state index in [4.69, 9.17) is 4.74 Å². The van der Waals surface area contributed by atoms with Crippen LogP contribution in [0.2, 0.25) is 0 Å². The Morgan fingerprint density at radius 2 is 1.81 bits per heavy atom. The standard InChI is InChI=1S/C25H28N4O3/c30-23-21-10-3-4-11-22(21)26-25(27-23)29-14-12-28(13-15-29)24(31)19-8-5-9-20(16-19)32-17-18-6-1-2-7-18/h3-5,8-11,16,18H,1-2,6-7,12-15,17H2,(H,26,27,30). The molecule has 1 saturated heterocycles. The van der Waals surface area contributed by atoms with Crippen LogP contribution in [0.3, 0.4) is 0 Å². The summed E-state index contributed by atoms with van der Waals surface area (Å²) in [5, 5.41) is 0.583. The molecule has 1 aliphatic carbocycles. The first-order valence-electron chi connectivity index (χ1n) is 11.4. The van der Waals surface area contributed by atoms with Crippen LogP contribution in [-0.2, 0) is 0 Å². The van der Waals surface area contributed by atoms with Gasteiger partial charge in [-0.05, 0) is 49.1 Å². The molecule has 1 aliphatic heterocycles. The Balaban J connectivity index is 1.22. The van der Waals surface area contributed by atoms with E-state index in [1.54, 1.807) is 6.07 Å². The van der Waals surface area contributed by atoms with Crippen molar-refractivity contribution in [2.75, 3.05) is 37.7 Å². The maximum absolute atomic E-state index is 13.1. The number of amides is 1. The number of nitrogens with one attached hydrogen (secondary N) is 1. The number of benzene rings is 2. The average Bonchev–Trinajstić information content (AvgIpc) is 3.36. The molecule has 1 saturated carbocycles. The number of piperazine rings is 1. The topological polar surface area (TPSA) is 78.5 Å². The van der Waals surface area contributed by atoms with Crippen molar-refractivity contribution in [3.63, 3.8) is 0 Å². The zero-order valence-electron chi connectivity index (χ0n) is 18.1. The molecule has 32 heavy (non-hydrogen) atoms. The summed E-state index contributed by atoms with van der Waals surface area (Å²) in [7, 11) is 0. The first-order chi connectivity index (χ1) is 15.7. The molecule has 7 nitrogen and oxygen atoms in total. The van der Waals surface area contributed by atoms with Crippen LogP contribution in [0.5, 0.6) is 5.75 Å². The van der Waals surface area contributed by atoms with Crippen LogP contribution in [-0.4, -0.2) is 53.6 Å². The van der Waals surface area contributed by atoms with Crippen molar-refractivity contribution < 1.29 is 9.53 Å². The van der Waals surface area contributed by atoms with E-state index in [1.807, 2.05) is 52.3 Å². The molecule has 2 aromatic carbocycles. The molecular formula is C25H28N4O3. The largest absolute Gasteiger partial charge is 0.493 e. The molecule has 0 unspecified atom stereocenters. The summed E-state index contributed by atoms with van der Waals surface area (Å²) in [6.45, 7) is 3.11. The van der Waals surface area contributed by atoms with Gasteiger partial charge in [0.1, 0.15) is 5.75 Å². The van der Waals surface area contributed by atoms with Gasteiger partial charge >= 0.3 is 0 Å². The molecule has 0 bridgehead atoms. The lowest BCUT2D eigenvalue weighted by Crippen LogP contribution is -2.49. The van der Waals surface area contributed by atoms with Crippen LogP contribution in [0.4, 0.5) is 5.95 Å². The second-order valence-electron chi connectivity index (χ2n) is 8.68. The molecule has 0 atom stereocenters. The Morgan fingerprint density at radius 1 is 1.03 bits per heavy atom. The number of H-pyrrole nitrogens is 1. The van der Waals surface area contributed by atoms with Gasteiger partial charge in [-0.1, -0.05) is 31.0 Å². The number of fused-ring (bicyclic) bond motifs is 1. The molecule has 1 amide bonds. The highest BCUT2D eigenvalue weighted by Crippen LogP contribution is 2.26. The number of nitrogens with zero attached hydrogens (tertiary/aromatic N) is 3. The lowest BCUT2D eigenvalue weighted by Gasteiger charge is -2.35. The maximum Gasteiger partial charge on any atom is 0.260 e. The van der Waals surface area contributed by atoms with Gasteiger partial charge in [-0.15, -0.1) is 0 Å². The van der Waals surface area contributed by atoms with Crippen LogP contribution >= 0.6 is 0 Å². The fourth-order valence-electron chi connectivity index (χ4n) is 4.64. The van der Waals surface area contributed by atoms with Crippen LogP contribution in [0.15, 0.2) is 53.3 Å². The monoisotopic (exact) mass is 432 g/mol. The molecule has 1 N–H and O–H groups in total. The zero-order chi connectivity index (χ0) is 21.9. The molecule has 2 heterocycles. The van der Waals surface area contributed by atoms with Gasteiger partial charge in [-0.2, -0.15) is 0 Å². The number of rotatable bonds is 5. The van der Waals surface area contributed by atoms with E-state index in [0.717, 1.165) is 12.4 Å². The van der Waals surface area contributed by atoms with Gasteiger partial charge in [-0.3, -0.25) is 14.6 Å². The number of hydrogen-bond acceptors (Lipinski definition) is 5. The van der Waals surface area contributed by atoms with Crippen LogP contribution in [0.1, 0.15) is 36.0 Å². The normalized spacial score (nSPS) is 17.1. The molecule has 1 aromatic heterocycles. The minimum atomic E-state index is -0.140. The summed E-state index contributed by atoms with van der Waals surface area (Å²) in [6, 6.07) is 14.8. The Kier molecular flexibility index (Phi) is 5.79. The molecule has 0 spiro atoms. The van der Waals surface area contributed by atoms with E-state index in [9.17, 15) is 9.59 Å². The van der Waals surface area contributed by atoms with Crippen molar-refractivity contribution in [1.82, 2.24) is 14.9 Å². The third kappa shape index (κ3) is 4.33. The van der Waals surface area contributed by atoms with E-state index < -0.39 is 0 Å². The molecule has 3 aromatic rings. The van der Waals surface area contributed by atoms with Gasteiger partial charge in [0.15, 0.2) is 0 Å². The fraction of sp³-hybridized carbons (Fsp3) is 0.400. The second kappa shape index (κ2) is 9.02. The Labute approximate surface area is 187 Å². The van der Waals surface area contributed by atoms with Gasteiger partial charge in [-0.25, -0.2) is 4.98 Å². The van der Waals surface area contributed by atoms with Gasteiger partial charge in [0, 0.05) is 31.7 Å². The van der Waals surface area contributed by atoms with Gasteiger partial charge in [0.25, 0.3) is 11.5 Å². The minimum Gasteiger partial charge on any atom is -0.493 e. The number of carbonyl (C=O) groups excluding carboxylic acids is 1. The summed E-state index contributed by atoms with van der Waals surface area (Å²) in [5.74, 6) is 1.97. The van der Waals surface area contributed by atoms with Gasteiger partial charge in [0.2, 0.25) is 5.95 Å². The minimum absolute atomic E-state index is 0.0101. The summed E-state index contributed by atoms with van der Waals surface area (Å²) >= 11 is 0. The number of aromatic amines is 1. The summed E-state index contributed by atoms with van der Waals surface area (Å²) in [5.41, 5.74) is 1.19. The predicted molar refractivity (Wildman–Crippen MR) is 124 cm³/mol. The first-order valence-corrected chi connectivity index (χ1v) is 11.4. The highest BCUT2D eigenvalue weighted by atomic mass is 16.5. The lowest BCUT2D eigenvalue weighted by atomic mass is 10.1. The highest BCUT2D eigenvalue weighted by Gasteiger charge is 2.24. The molecule has 166 valence electrons. The van der Waals surface area contributed by atoms with E-state index in [-0.39, 0.29) is 11.5 Å². The van der Waals surface area contributed by atoms with E-state index >= 15 is 0 Å². The zero-order valence-corrected chi connectivity index (χ0v) is 18.1. The number of hydrogen-bond donors (Lipinski definition) is 1. The van der Waals surface area contributed by atoms with Crippen molar-refractivity contribution in [3.05, 3.63) is 64.4 Å². The molecule has 2 fully saturated rings. The molecule has 5 rings (SSSR count). The van der Waals surface area contributed by atoms with Crippen LogP contribution in [0.25, 0.3) is 10.9 Å². The fourth-order valence-corrected chi connectivity index (χ4v) is 4.64. The van der Waals surface area contributed by atoms with Crippen molar-refractivity contribution in [2.45, 2.75) is 25.7 Å². The third-order valence-electron chi connectivity index (χ3n) is 6.51. The predicted octanol–water partition coefficient (Wildman–Crippen LogP) is 3.45. The number of para-hydroxylation sites is 1. The first kappa shape index (κ1) is 20.5. The van der Waals surface area contributed by atoms with E-state index in [0.29, 0.717) is 54.5 Å². The quantitative estimate of drug-likeness (QED) is 0.668. The van der Waals surface area contributed by atoms with Gasteiger partial charge < -0.3 is 14.5 Å². The molecular weight excluding hydrogens is 404 g/mol. The molecule has 2 aliphatic rings. The Bertz CT molecular complexity index is 1160. The molecule has 7 heteroatoms. The van der Waals surface area contributed by atoms with Crippen LogP contribution in [0, 0.1) is 5.92 Å². The summed E-state index contributed by atoms with van der Waals surface area (Å²) in [4.78, 5) is 36.8. The van der Waals surface area contributed by atoms with Crippen molar-refractivity contribution in [3.8, 4) is 5.75 Å². The van der Waals surface area contributed by atoms with Crippen molar-refractivity contribution in [1.29, 1.82) is 0 Å². The number of ether oxygens (including phenoxy) is 1. The summed E-state index contributed by atoms with van der Waals surface area (Å²) in [6.07, 6.45) is 5.06. The van der Waals surface area contributed by atoms with Crippen molar-refractivity contribution in [2.24, 2.45) is 5.92 Å². The second-order valence-corrected chi connectivity index (χ2v) is 8.68. The van der Waals surface area contributed by atoms with Crippen LogP contribution < -0.4 is 15.2 Å². The van der Waals surface area contributed by atoms with E-state index in [1.165, 1.54) is 25.7 Å². The maximum atomic E-state index is 13.1. The summed E-state index contributed by atoms with van der Waals surface area (Å²) < 4.78 is 5.97. The Morgan fingerprint density at radius 3 is 2.62 bits per heavy atom. The smallest absolute Gasteiger partial charge is 0.260 e. The Hall–Kier alpha value is -3.35. The molecule has 0 radical (unpaired) electrons.